The summed E-state index contributed by atoms with van der Waals surface area (Å²) in [7, 11) is 0. The maximum atomic E-state index is 13.5. The summed E-state index contributed by atoms with van der Waals surface area (Å²) in [6, 6.07) is 3.98. The van der Waals surface area contributed by atoms with E-state index in [0.29, 0.717) is 6.54 Å². The zero-order valence-corrected chi connectivity index (χ0v) is 11.5. The Morgan fingerprint density at radius 1 is 1.35 bits per heavy atom. The summed E-state index contributed by atoms with van der Waals surface area (Å²) in [6.07, 6.45) is 0. The van der Waals surface area contributed by atoms with Crippen molar-refractivity contribution < 1.29 is 22.4 Å². The van der Waals surface area contributed by atoms with E-state index in [1.165, 1.54) is 18.2 Å². The first-order valence-electron chi connectivity index (χ1n) is 5.86. The van der Waals surface area contributed by atoms with Gasteiger partial charge in [0.1, 0.15) is 5.82 Å². The normalized spacial score (nSPS) is 11.2. The van der Waals surface area contributed by atoms with Crippen LogP contribution in [0, 0.1) is 5.82 Å². The summed E-state index contributed by atoms with van der Waals surface area (Å²) in [4.78, 5) is 11.8. The second kappa shape index (κ2) is 7.37. The molecule has 20 heavy (non-hydrogen) atoms. The largest absolute Gasteiger partial charge is 0.441 e. The lowest BCUT2D eigenvalue weighted by atomic mass is 10.1. The molecule has 8 heteroatoms. The van der Waals surface area contributed by atoms with Crippen LogP contribution in [-0.4, -0.2) is 30.3 Å². The molecule has 1 rings (SSSR count). The Labute approximate surface area is 118 Å². The molecule has 0 aromatic heterocycles. The number of para-hydroxylation sites is 1. The van der Waals surface area contributed by atoms with E-state index in [9.17, 15) is 22.4 Å². The van der Waals surface area contributed by atoms with Crippen LogP contribution in [0.2, 0.25) is 0 Å². The lowest BCUT2D eigenvalue weighted by molar-refractivity contribution is -0.0327. The first-order chi connectivity index (χ1) is 9.35. The van der Waals surface area contributed by atoms with Crippen LogP contribution in [0.15, 0.2) is 18.2 Å². The molecule has 112 valence electrons. The molecule has 0 bridgehead atoms. The fourth-order valence-corrected chi connectivity index (χ4v) is 1.93. The fraction of sp³-hybridized carbons (Fsp3) is 0.417. The monoisotopic (exact) mass is 310 g/mol. The lowest BCUT2D eigenvalue weighted by Gasteiger charge is -2.12. The molecule has 0 heterocycles. The highest BCUT2D eigenvalue weighted by Crippen LogP contribution is 2.29. The Bertz CT molecular complexity index is 465. The van der Waals surface area contributed by atoms with Gasteiger partial charge in [0.25, 0.3) is 5.91 Å². The number of carbonyl (C=O) groups excluding carboxylic acids is 1. The number of benzene rings is 1. The topological polar surface area (TPSA) is 41.1 Å². The van der Waals surface area contributed by atoms with Crippen LogP contribution >= 0.6 is 11.8 Å². The van der Waals surface area contributed by atoms with Crippen molar-refractivity contribution in [2.45, 2.75) is 12.4 Å². The van der Waals surface area contributed by atoms with Crippen molar-refractivity contribution in [3.05, 3.63) is 29.6 Å². The third-order valence-corrected chi connectivity index (χ3v) is 3.00. The molecular weight excluding hydrogens is 296 g/mol. The number of rotatable bonds is 6. The quantitative estimate of drug-likeness (QED) is 0.626. The van der Waals surface area contributed by atoms with E-state index in [2.05, 4.69) is 10.6 Å². The maximum Gasteiger partial charge on any atom is 0.441 e. The number of nitrogens with one attached hydrogen (secondary N) is 2. The van der Waals surface area contributed by atoms with Crippen LogP contribution in [-0.2, 0) is 0 Å². The minimum Gasteiger partial charge on any atom is -0.382 e. The van der Waals surface area contributed by atoms with Gasteiger partial charge in [0.15, 0.2) is 0 Å². The Hall–Kier alpha value is -1.44. The Balaban J connectivity index is 2.61. The third kappa shape index (κ3) is 5.28. The molecule has 1 aromatic carbocycles. The molecule has 2 N–H and O–H groups in total. The van der Waals surface area contributed by atoms with Crippen LogP contribution in [0.1, 0.15) is 17.3 Å². The van der Waals surface area contributed by atoms with Gasteiger partial charge in [-0.1, -0.05) is 6.07 Å². The number of halogens is 4. The second-order valence-corrected chi connectivity index (χ2v) is 4.90. The van der Waals surface area contributed by atoms with Gasteiger partial charge in [0.2, 0.25) is 0 Å². The van der Waals surface area contributed by atoms with Crippen molar-refractivity contribution in [2.24, 2.45) is 0 Å². The third-order valence-electron chi connectivity index (χ3n) is 2.27. The van der Waals surface area contributed by atoms with Gasteiger partial charge < -0.3 is 10.6 Å². The molecule has 1 amide bonds. The first kappa shape index (κ1) is 16.6. The van der Waals surface area contributed by atoms with E-state index < -0.39 is 17.2 Å². The van der Waals surface area contributed by atoms with Crippen LogP contribution in [0.25, 0.3) is 0 Å². The van der Waals surface area contributed by atoms with Crippen LogP contribution in [0.3, 0.4) is 0 Å². The number of carbonyl (C=O) groups is 1. The fourth-order valence-electron chi connectivity index (χ4n) is 1.50. The van der Waals surface area contributed by atoms with Crippen molar-refractivity contribution in [1.82, 2.24) is 5.32 Å². The smallest absolute Gasteiger partial charge is 0.382 e. The Kier molecular flexibility index (Phi) is 6.12. The molecule has 0 aliphatic heterocycles. The Morgan fingerprint density at radius 2 is 2.05 bits per heavy atom. The summed E-state index contributed by atoms with van der Waals surface area (Å²) in [5.41, 5.74) is -4.20. The van der Waals surface area contributed by atoms with E-state index in [0.717, 1.165) is 0 Å². The van der Waals surface area contributed by atoms with Crippen molar-refractivity contribution in [1.29, 1.82) is 0 Å². The molecule has 0 aliphatic carbocycles. The van der Waals surface area contributed by atoms with Crippen molar-refractivity contribution >= 4 is 23.4 Å². The number of anilines is 1. The van der Waals surface area contributed by atoms with Gasteiger partial charge in [-0.2, -0.15) is 13.2 Å². The molecular formula is C12H14F4N2OS. The minimum absolute atomic E-state index is 0.0518. The summed E-state index contributed by atoms with van der Waals surface area (Å²) < 4.78 is 49.3. The molecule has 0 unspecified atom stereocenters. The van der Waals surface area contributed by atoms with E-state index in [4.69, 9.17) is 0 Å². The van der Waals surface area contributed by atoms with Gasteiger partial charge in [-0.3, -0.25) is 4.79 Å². The average molecular weight is 310 g/mol. The molecule has 0 fully saturated rings. The minimum atomic E-state index is -4.32. The highest BCUT2D eigenvalue weighted by Gasteiger charge is 2.27. The van der Waals surface area contributed by atoms with E-state index in [1.807, 2.05) is 0 Å². The zero-order chi connectivity index (χ0) is 15.2. The number of amides is 1. The van der Waals surface area contributed by atoms with Gasteiger partial charge in [-0.15, -0.1) is 0 Å². The number of hydrogen-bond acceptors (Lipinski definition) is 3. The molecule has 0 saturated heterocycles. The summed E-state index contributed by atoms with van der Waals surface area (Å²) in [5.74, 6) is -1.48. The molecule has 0 spiro atoms. The van der Waals surface area contributed by atoms with Gasteiger partial charge in [-0.05, 0) is 30.8 Å². The van der Waals surface area contributed by atoms with Gasteiger partial charge in [0, 0.05) is 18.8 Å². The second-order valence-electron chi connectivity index (χ2n) is 3.74. The predicted molar refractivity (Wildman–Crippen MR) is 71.4 cm³/mol. The maximum absolute atomic E-state index is 13.5. The van der Waals surface area contributed by atoms with Crippen LogP contribution in [0.4, 0.5) is 23.2 Å². The molecule has 0 atom stereocenters. The van der Waals surface area contributed by atoms with Gasteiger partial charge >= 0.3 is 5.51 Å². The van der Waals surface area contributed by atoms with Gasteiger partial charge in [-0.25, -0.2) is 4.39 Å². The molecule has 0 aliphatic rings. The standard InChI is InChI=1S/C12H14F4N2OS/c1-2-17-10-8(4-3-5-9(10)13)11(19)18-6-7-20-12(14,15)16/h3-5,17H,2,6-7H2,1H3,(H,18,19). The molecule has 0 radical (unpaired) electrons. The van der Waals surface area contributed by atoms with E-state index in [-0.39, 0.29) is 35.3 Å². The average Bonchev–Trinajstić information content (AvgIpc) is 2.36. The molecule has 1 aromatic rings. The van der Waals surface area contributed by atoms with Crippen LogP contribution < -0.4 is 10.6 Å². The summed E-state index contributed by atoms with van der Waals surface area (Å²) in [6.45, 7) is 2.02. The zero-order valence-electron chi connectivity index (χ0n) is 10.7. The Morgan fingerprint density at radius 3 is 2.65 bits per heavy atom. The first-order valence-corrected chi connectivity index (χ1v) is 6.85. The van der Waals surface area contributed by atoms with E-state index >= 15 is 0 Å². The molecule has 3 nitrogen and oxygen atoms in total. The lowest BCUT2D eigenvalue weighted by Crippen LogP contribution is -2.27. The van der Waals surface area contributed by atoms with Crippen LogP contribution in [0.5, 0.6) is 0 Å². The summed E-state index contributed by atoms with van der Waals surface area (Å²) >= 11 is -0.216. The number of thioether (sulfide) groups is 1. The highest BCUT2D eigenvalue weighted by molar-refractivity contribution is 8.00. The van der Waals surface area contributed by atoms with Crippen molar-refractivity contribution in [3.8, 4) is 0 Å². The highest BCUT2D eigenvalue weighted by atomic mass is 32.2. The summed E-state index contributed by atoms with van der Waals surface area (Å²) in [5, 5.41) is 5.05. The van der Waals surface area contributed by atoms with Crippen molar-refractivity contribution in [3.63, 3.8) is 0 Å². The number of alkyl halides is 3. The van der Waals surface area contributed by atoms with Crippen molar-refractivity contribution in [2.75, 3.05) is 24.2 Å². The SMILES string of the molecule is CCNc1c(F)cccc1C(=O)NCCSC(F)(F)F. The molecule has 0 saturated carbocycles. The number of hydrogen-bond donors (Lipinski definition) is 2. The predicted octanol–water partition coefficient (Wildman–Crippen LogP) is 3.24. The van der Waals surface area contributed by atoms with Gasteiger partial charge in [0.05, 0.1) is 11.3 Å². The van der Waals surface area contributed by atoms with E-state index in [1.54, 1.807) is 6.92 Å².